The number of aliphatic imine (C=N–C) groups is 1. The first kappa shape index (κ1) is 17.5. The van der Waals surface area contributed by atoms with Gasteiger partial charge in [-0.15, -0.1) is 0 Å². The van der Waals surface area contributed by atoms with Gasteiger partial charge >= 0.3 is 0 Å². The van der Waals surface area contributed by atoms with Gasteiger partial charge in [-0.1, -0.05) is 0 Å². The minimum absolute atomic E-state index is 0.0181. The molecule has 0 aliphatic carbocycles. The second kappa shape index (κ2) is 7.70. The Morgan fingerprint density at radius 2 is 2.25 bits per heavy atom. The fraction of sp³-hybridized carbons (Fsp3) is 0.882. The Labute approximate surface area is 144 Å². The minimum Gasteiger partial charge on any atom is -0.381 e. The third-order valence-corrected chi connectivity index (χ3v) is 5.30. The van der Waals surface area contributed by atoms with E-state index >= 15 is 0 Å². The van der Waals surface area contributed by atoms with Gasteiger partial charge in [-0.2, -0.15) is 0 Å². The largest absolute Gasteiger partial charge is 0.381 e. The maximum atomic E-state index is 11.9. The molecule has 3 aliphatic rings. The number of guanidine groups is 1. The molecule has 24 heavy (non-hydrogen) atoms. The molecule has 0 saturated carbocycles. The highest BCUT2D eigenvalue weighted by Gasteiger charge is 2.42. The molecule has 0 bridgehead atoms. The normalized spacial score (nSPS) is 30.3. The van der Waals surface area contributed by atoms with E-state index in [1.165, 1.54) is 0 Å². The molecule has 7 heteroatoms. The number of likely N-dealkylation sites (N-methyl/N-ethyl adjacent to an activating group) is 1. The van der Waals surface area contributed by atoms with Gasteiger partial charge in [0, 0.05) is 52.4 Å². The first-order chi connectivity index (χ1) is 11.6. The van der Waals surface area contributed by atoms with Crippen LogP contribution in [0.3, 0.4) is 0 Å². The van der Waals surface area contributed by atoms with Crippen LogP contribution < -0.4 is 5.32 Å². The van der Waals surface area contributed by atoms with Crippen molar-refractivity contribution >= 4 is 11.9 Å². The molecule has 3 heterocycles. The molecule has 7 nitrogen and oxygen atoms in total. The quantitative estimate of drug-likeness (QED) is 0.590. The lowest BCUT2D eigenvalue weighted by molar-refractivity contribution is -0.127. The van der Waals surface area contributed by atoms with Crippen LogP contribution in [0.5, 0.6) is 0 Å². The third kappa shape index (κ3) is 4.19. The van der Waals surface area contributed by atoms with Crippen LogP contribution in [0.15, 0.2) is 4.99 Å². The zero-order valence-corrected chi connectivity index (χ0v) is 14.9. The van der Waals surface area contributed by atoms with E-state index in [1.54, 1.807) is 19.0 Å². The molecule has 1 N–H and O–H groups in total. The number of hydrogen-bond donors (Lipinski definition) is 1. The minimum atomic E-state index is 0.0181. The highest BCUT2D eigenvalue weighted by molar-refractivity contribution is 5.85. The maximum absolute atomic E-state index is 11.9. The molecule has 1 amide bonds. The fourth-order valence-electron chi connectivity index (χ4n) is 3.65. The van der Waals surface area contributed by atoms with Crippen LogP contribution in [0.1, 0.15) is 25.7 Å². The predicted molar refractivity (Wildman–Crippen MR) is 92.0 cm³/mol. The Balaban J connectivity index is 1.62. The lowest BCUT2D eigenvalue weighted by Gasteiger charge is -2.26. The summed E-state index contributed by atoms with van der Waals surface area (Å²) in [5, 5.41) is 3.44. The van der Waals surface area contributed by atoms with E-state index in [-0.39, 0.29) is 24.0 Å². The van der Waals surface area contributed by atoms with Crippen molar-refractivity contribution in [2.45, 2.75) is 31.8 Å². The van der Waals surface area contributed by atoms with Gasteiger partial charge in [-0.3, -0.25) is 4.79 Å². The topological polar surface area (TPSA) is 66.4 Å². The van der Waals surface area contributed by atoms with Gasteiger partial charge in [0.2, 0.25) is 5.91 Å². The smallest absolute Gasteiger partial charge is 0.243 e. The number of ether oxygens (including phenoxy) is 2. The number of amides is 1. The molecule has 3 rings (SSSR count). The second-order valence-corrected chi connectivity index (χ2v) is 7.42. The lowest BCUT2D eigenvalue weighted by atomic mass is 9.87. The summed E-state index contributed by atoms with van der Waals surface area (Å²) in [4.78, 5) is 20.4. The number of rotatable bonds is 4. The van der Waals surface area contributed by atoms with Crippen molar-refractivity contribution < 1.29 is 14.3 Å². The van der Waals surface area contributed by atoms with Crippen molar-refractivity contribution in [3.05, 3.63) is 0 Å². The summed E-state index contributed by atoms with van der Waals surface area (Å²) >= 11 is 0. The number of likely N-dealkylation sites (tertiary alicyclic amines) is 1. The Kier molecular flexibility index (Phi) is 5.61. The predicted octanol–water partition coefficient (Wildman–Crippen LogP) is 0.312. The van der Waals surface area contributed by atoms with Gasteiger partial charge in [0.1, 0.15) is 6.54 Å². The Hall–Kier alpha value is -1.34. The van der Waals surface area contributed by atoms with Crippen LogP contribution in [0.2, 0.25) is 0 Å². The van der Waals surface area contributed by atoms with Gasteiger partial charge in [-0.05, 0) is 25.7 Å². The molecule has 3 saturated heterocycles. The van der Waals surface area contributed by atoms with Gasteiger partial charge in [0.05, 0.1) is 12.7 Å². The molecule has 3 aliphatic heterocycles. The lowest BCUT2D eigenvalue weighted by Crippen LogP contribution is -2.44. The van der Waals surface area contributed by atoms with Crippen molar-refractivity contribution in [2.24, 2.45) is 10.4 Å². The van der Waals surface area contributed by atoms with Crippen LogP contribution in [-0.4, -0.2) is 87.9 Å². The first-order valence-corrected chi connectivity index (χ1v) is 9.01. The summed E-state index contributed by atoms with van der Waals surface area (Å²) < 4.78 is 11.3. The van der Waals surface area contributed by atoms with Crippen LogP contribution >= 0.6 is 0 Å². The average molecular weight is 338 g/mol. The number of hydrogen-bond acceptors (Lipinski definition) is 4. The molecule has 1 spiro atoms. The molecular formula is C17H30N4O3. The van der Waals surface area contributed by atoms with Gasteiger partial charge < -0.3 is 24.6 Å². The molecule has 2 unspecified atom stereocenters. The van der Waals surface area contributed by atoms with E-state index in [0.717, 1.165) is 71.1 Å². The highest BCUT2D eigenvalue weighted by Crippen LogP contribution is 2.38. The molecular weight excluding hydrogens is 308 g/mol. The first-order valence-electron chi connectivity index (χ1n) is 9.01. The summed E-state index contributed by atoms with van der Waals surface area (Å²) in [5.74, 6) is 0.856. The van der Waals surface area contributed by atoms with E-state index < -0.39 is 0 Å². The number of nitrogens with one attached hydrogen (secondary N) is 1. The maximum Gasteiger partial charge on any atom is 0.243 e. The average Bonchev–Trinajstić information content (AvgIpc) is 3.31. The van der Waals surface area contributed by atoms with Crippen molar-refractivity contribution in [3.8, 4) is 0 Å². The number of nitrogens with zero attached hydrogens (tertiary/aromatic N) is 3. The van der Waals surface area contributed by atoms with Crippen molar-refractivity contribution in [1.29, 1.82) is 0 Å². The van der Waals surface area contributed by atoms with Crippen molar-refractivity contribution in [1.82, 2.24) is 15.1 Å². The monoisotopic (exact) mass is 338 g/mol. The summed E-state index contributed by atoms with van der Waals surface area (Å²) in [6.07, 6.45) is 4.73. The van der Waals surface area contributed by atoms with Crippen LogP contribution in [0.25, 0.3) is 0 Å². The van der Waals surface area contributed by atoms with E-state index in [4.69, 9.17) is 9.47 Å². The Morgan fingerprint density at radius 1 is 1.38 bits per heavy atom. The van der Waals surface area contributed by atoms with E-state index in [0.29, 0.717) is 0 Å². The molecule has 136 valence electrons. The number of carbonyl (C=O) groups is 1. The van der Waals surface area contributed by atoms with Crippen molar-refractivity contribution in [2.75, 3.05) is 60.1 Å². The number of carbonyl (C=O) groups excluding carboxylic acids is 1. The van der Waals surface area contributed by atoms with E-state index in [1.807, 2.05) is 0 Å². The Morgan fingerprint density at radius 3 is 2.92 bits per heavy atom. The van der Waals surface area contributed by atoms with Gasteiger partial charge in [0.15, 0.2) is 5.96 Å². The Bertz CT molecular complexity index is 468. The van der Waals surface area contributed by atoms with Crippen LogP contribution in [0, 0.1) is 5.41 Å². The summed E-state index contributed by atoms with van der Waals surface area (Å²) in [7, 11) is 3.52. The summed E-state index contributed by atoms with van der Waals surface area (Å²) in [5.41, 5.74) is 0.276. The second-order valence-electron chi connectivity index (χ2n) is 7.42. The molecule has 2 atom stereocenters. The summed E-state index contributed by atoms with van der Waals surface area (Å²) in [6.45, 7) is 5.43. The van der Waals surface area contributed by atoms with Gasteiger partial charge in [0.25, 0.3) is 0 Å². The molecule has 0 aromatic carbocycles. The summed E-state index contributed by atoms with van der Waals surface area (Å²) in [6, 6.07) is 0. The molecule has 0 radical (unpaired) electrons. The van der Waals surface area contributed by atoms with E-state index in [2.05, 4.69) is 15.2 Å². The van der Waals surface area contributed by atoms with Gasteiger partial charge in [-0.25, -0.2) is 4.99 Å². The molecule has 3 fully saturated rings. The van der Waals surface area contributed by atoms with E-state index in [9.17, 15) is 4.79 Å². The highest BCUT2D eigenvalue weighted by atomic mass is 16.5. The zero-order chi connectivity index (χ0) is 17.0. The molecule has 0 aromatic heterocycles. The standard InChI is InChI=1S/C17H30N4O3/c1-20(2)15(22)11-19-16(18-10-14-4-3-8-24-14)21-7-5-17(12-21)6-9-23-13-17/h14H,3-13H2,1-2H3,(H,18,19). The van der Waals surface area contributed by atoms with Crippen molar-refractivity contribution in [3.63, 3.8) is 0 Å². The SMILES string of the molecule is CN(C)C(=O)CN=C(NCC1CCCO1)N1CCC2(CCOC2)C1. The van der Waals surface area contributed by atoms with Crippen LogP contribution in [0.4, 0.5) is 0 Å². The zero-order valence-electron chi connectivity index (χ0n) is 14.9. The van der Waals surface area contributed by atoms with Crippen LogP contribution in [-0.2, 0) is 14.3 Å². The third-order valence-electron chi connectivity index (χ3n) is 5.30. The fourth-order valence-corrected chi connectivity index (χ4v) is 3.65. The molecule has 0 aromatic rings.